The number of benzene rings is 16. The van der Waals surface area contributed by atoms with Gasteiger partial charge in [-0.05, 0) is 296 Å². The average molecular weight is 1860 g/mol. The maximum absolute atomic E-state index is 5.35. The molecule has 0 atom stereocenters. The first-order valence-electron chi connectivity index (χ1n) is 49.0. The van der Waals surface area contributed by atoms with Crippen LogP contribution in [-0.2, 0) is 5.41 Å². The molecule has 12 heterocycles. The van der Waals surface area contributed by atoms with Crippen LogP contribution in [0.25, 0.3) is 260 Å². The van der Waals surface area contributed by atoms with Gasteiger partial charge in [0, 0.05) is 109 Å². The minimum absolute atomic E-state index is 0.0593. The van der Waals surface area contributed by atoms with Gasteiger partial charge in [0.25, 0.3) is 0 Å². The number of para-hydroxylation sites is 3. The lowest BCUT2D eigenvalue weighted by Gasteiger charge is -2.20. The van der Waals surface area contributed by atoms with Crippen LogP contribution < -0.4 is 0 Å². The molecule has 0 unspecified atom stereocenters. The Morgan fingerprint density at radius 3 is 0.986 bits per heavy atom. The Morgan fingerprint density at radius 2 is 0.517 bits per heavy atom. The smallest absolute Gasteiger partial charge is 0.145 e. The van der Waals surface area contributed by atoms with Crippen LogP contribution in [0.15, 0.2) is 492 Å². The summed E-state index contributed by atoms with van der Waals surface area (Å²) in [5.41, 5.74) is 31.1. The van der Waals surface area contributed by atoms with Crippen molar-refractivity contribution in [2.24, 2.45) is 0 Å². The zero-order valence-electron chi connectivity index (χ0n) is 79.6. The maximum Gasteiger partial charge on any atom is 0.145 e. The molecule has 12 heteroatoms. The van der Waals surface area contributed by atoms with Gasteiger partial charge >= 0.3 is 0 Å². The lowest BCUT2D eigenvalue weighted by Crippen LogP contribution is -2.10. The number of fused-ring (bicyclic) bond motifs is 18. The Balaban J connectivity index is 0.000000112. The Morgan fingerprint density at radius 1 is 0.179 bits per heavy atom. The molecule has 12 aromatic heterocycles. The number of rotatable bonds is 13. The molecule has 16 aromatic carbocycles. The normalized spacial score (nSPS) is 11.7. The molecule has 0 bridgehead atoms. The lowest BCUT2D eigenvalue weighted by molar-refractivity contribution is 0.590. The minimum atomic E-state index is 0.0593. The second kappa shape index (κ2) is 36.2. The van der Waals surface area contributed by atoms with Gasteiger partial charge in [-0.3, -0.25) is 29.5 Å². The monoisotopic (exact) mass is 1850 g/mol. The first-order valence-corrected chi connectivity index (χ1v) is 49.0. The van der Waals surface area contributed by atoms with E-state index in [1.165, 1.54) is 91.7 Å². The molecule has 0 N–H and O–H groups in total. The molecule has 0 spiro atoms. The fourth-order valence-corrected chi connectivity index (χ4v) is 21.4. The van der Waals surface area contributed by atoms with Gasteiger partial charge in [-0.1, -0.05) is 288 Å². The van der Waals surface area contributed by atoms with Crippen LogP contribution in [0.1, 0.15) is 26.3 Å². The predicted octanol–water partition coefficient (Wildman–Crippen LogP) is 33.8. The molecule has 0 saturated heterocycles. The van der Waals surface area contributed by atoms with Crippen LogP contribution in [0.2, 0.25) is 0 Å². The van der Waals surface area contributed by atoms with E-state index >= 15 is 0 Å². The number of hydrogen-bond acceptors (Lipinski definition) is 9. The van der Waals surface area contributed by atoms with E-state index in [2.05, 4.69) is 437 Å². The molecule has 0 amide bonds. The first kappa shape index (κ1) is 86.2. The van der Waals surface area contributed by atoms with Crippen LogP contribution in [0.5, 0.6) is 0 Å². The molecular formula is C133H90N12. The van der Waals surface area contributed by atoms with E-state index in [9.17, 15) is 0 Å². The summed E-state index contributed by atoms with van der Waals surface area (Å²) in [5.74, 6) is 0. The van der Waals surface area contributed by atoms with E-state index in [1.54, 1.807) is 0 Å². The quantitative estimate of drug-likeness (QED) is 0.104. The zero-order valence-corrected chi connectivity index (χ0v) is 79.6. The maximum atomic E-state index is 5.35. The third kappa shape index (κ3) is 15.8. The van der Waals surface area contributed by atoms with Crippen molar-refractivity contribution in [2.75, 3.05) is 0 Å². The van der Waals surface area contributed by atoms with Gasteiger partial charge in [0.1, 0.15) is 5.65 Å². The van der Waals surface area contributed by atoms with E-state index in [-0.39, 0.29) is 5.41 Å². The van der Waals surface area contributed by atoms with Crippen molar-refractivity contribution < 1.29 is 0 Å². The van der Waals surface area contributed by atoms with Crippen molar-refractivity contribution in [1.29, 1.82) is 0 Å². The Hall–Kier alpha value is -19.2. The summed E-state index contributed by atoms with van der Waals surface area (Å²) < 4.78 is 6.94. The van der Waals surface area contributed by atoms with Crippen molar-refractivity contribution in [2.45, 2.75) is 26.2 Å². The number of nitrogens with zero attached hydrogens (tertiary/aromatic N) is 12. The van der Waals surface area contributed by atoms with E-state index in [0.717, 1.165) is 174 Å². The summed E-state index contributed by atoms with van der Waals surface area (Å²) in [7, 11) is 0. The molecule has 0 fully saturated rings. The van der Waals surface area contributed by atoms with Gasteiger partial charge < -0.3 is 9.13 Å². The van der Waals surface area contributed by atoms with Crippen LogP contribution in [-0.4, -0.2) is 58.6 Å². The highest BCUT2D eigenvalue weighted by atomic mass is 15.0. The topological polar surface area (TPSA) is 131 Å². The Bertz CT molecular complexity index is 9440. The number of hydrogen-bond donors (Lipinski definition) is 0. The van der Waals surface area contributed by atoms with Crippen molar-refractivity contribution in [3.63, 3.8) is 0 Å². The number of pyridine rings is 9. The van der Waals surface area contributed by atoms with E-state index in [1.807, 2.05) is 110 Å². The zero-order chi connectivity index (χ0) is 96.6. The van der Waals surface area contributed by atoms with E-state index in [0.29, 0.717) is 0 Å². The number of aromatic nitrogens is 12. The highest BCUT2D eigenvalue weighted by molar-refractivity contribution is 6.18. The van der Waals surface area contributed by atoms with Crippen LogP contribution in [0.4, 0.5) is 0 Å². The third-order valence-corrected chi connectivity index (χ3v) is 28.2. The van der Waals surface area contributed by atoms with Gasteiger partial charge in [0.2, 0.25) is 0 Å². The second-order valence-corrected chi connectivity index (χ2v) is 38.0. The SMILES string of the molecule is CC(C)(C)c1ccc(-c2cc(-c3cc(-c4ccccn4)nc(-c4cc5ccccc5c5ccccc45)c3)cc(-n3c4ccccc4c4ccncc43)c2)cc1.c1ccc(-c2cc(-c3cccc(-n4c5ccccc5c5cccnc54)c3)cc(-c3cc4ccccc4c4ccccc34)n2)nc1.c1ccc(-c2cc(-c3cccc(-n4c5ccccc5c5cnccc54)c3)cc(-c3cc4ccccc4c4ccccc34)n2)nc1. The molecule has 0 aliphatic carbocycles. The van der Waals surface area contributed by atoms with Crippen LogP contribution in [0, 0.1) is 0 Å². The fourth-order valence-electron chi connectivity index (χ4n) is 21.4. The van der Waals surface area contributed by atoms with Gasteiger partial charge in [-0.2, -0.15) is 0 Å². The summed E-state index contributed by atoms with van der Waals surface area (Å²) >= 11 is 0. The van der Waals surface area contributed by atoms with Crippen LogP contribution >= 0.6 is 0 Å². The summed E-state index contributed by atoms with van der Waals surface area (Å²) in [5, 5.41) is 21.5. The average Bonchev–Trinajstić information content (AvgIpc) is 1.40. The highest BCUT2D eigenvalue weighted by Gasteiger charge is 2.25. The minimum Gasteiger partial charge on any atom is -0.309 e. The first-order chi connectivity index (χ1) is 71.5. The van der Waals surface area contributed by atoms with Gasteiger partial charge in [0.15, 0.2) is 0 Å². The molecule has 0 aliphatic rings. The van der Waals surface area contributed by atoms with Gasteiger partial charge in [0.05, 0.1) is 85.0 Å². The van der Waals surface area contributed by atoms with Crippen LogP contribution in [0.3, 0.4) is 0 Å². The van der Waals surface area contributed by atoms with Crippen molar-refractivity contribution >= 4 is 130 Å². The summed E-state index contributed by atoms with van der Waals surface area (Å²) in [4.78, 5) is 43.8. The molecule has 145 heavy (non-hydrogen) atoms. The summed E-state index contributed by atoms with van der Waals surface area (Å²) in [6, 6.07) is 157. The third-order valence-electron chi connectivity index (χ3n) is 28.2. The Labute approximate surface area is 836 Å². The van der Waals surface area contributed by atoms with Gasteiger partial charge in [-0.15, -0.1) is 0 Å². The fraction of sp³-hybridized carbons (Fsp3) is 0.0301. The molecule has 682 valence electrons. The standard InChI is InChI=1S/C51H38N4.2C41H26N4/c1-51(2,3)38-21-19-33(20-22-38)35-26-36(28-39(27-35)55-49-18-9-8-16-43(49)44-23-25-52-32-50(44)55)37-30-47(54-48(31-37)46-17-10-11-24-53-46)45-29-34-12-4-5-13-40(34)41-14-6-7-15-42(41)45;1-2-14-31-28(11-1)24-36(33-16-4-3-15-32(31)33)38-25-29(26-39(44-38)37-19-7-8-21-42-37)27-12-9-13-30(23-27)45-40-20-6-5-17-34(40)35-18-10-22-43-41(35)45;1-2-13-31-28(10-1)23-35(33-15-4-3-14-32(31)33)38-24-29(25-39(44-38)37-17-7-8-20-43-37)27-11-9-12-30(22-27)45-40-18-6-5-16-34(40)36-26-42-21-19-41(36)45/h4-32H,1-3H3;2*1-26H. The predicted molar refractivity (Wildman–Crippen MR) is 601 cm³/mol. The molecule has 0 aliphatic heterocycles. The van der Waals surface area contributed by atoms with Crippen molar-refractivity contribution in [3.05, 3.63) is 498 Å². The molecule has 28 rings (SSSR count). The second-order valence-electron chi connectivity index (χ2n) is 38.0. The molecule has 12 nitrogen and oxygen atoms in total. The van der Waals surface area contributed by atoms with Gasteiger partial charge in [-0.25, -0.2) is 19.9 Å². The van der Waals surface area contributed by atoms with E-state index in [4.69, 9.17) is 24.9 Å². The highest BCUT2D eigenvalue weighted by Crippen LogP contribution is 2.46. The van der Waals surface area contributed by atoms with E-state index < -0.39 is 0 Å². The lowest BCUT2D eigenvalue weighted by atomic mass is 9.86. The Kier molecular flexibility index (Phi) is 21.5. The molecular weight excluding hydrogens is 1770 g/mol. The molecule has 28 aromatic rings. The summed E-state index contributed by atoms with van der Waals surface area (Å²) in [6.07, 6.45) is 15.0. The molecule has 0 radical (unpaired) electrons. The largest absolute Gasteiger partial charge is 0.309 e. The van der Waals surface area contributed by atoms with Crippen molar-refractivity contribution in [3.8, 4) is 130 Å². The molecule has 0 saturated carbocycles. The summed E-state index contributed by atoms with van der Waals surface area (Å²) in [6.45, 7) is 6.78. The van der Waals surface area contributed by atoms with Crippen molar-refractivity contribution in [1.82, 2.24) is 58.6 Å².